The lowest BCUT2D eigenvalue weighted by atomic mass is 10.1. The summed E-state index contributed by atoms with van der Waals surface area (Å²) in [5.41, 5.74) is 2.53. The Morgan fingerprint density at radius 1 is 1.33 bits per heavy atom. The Hall–Kier alpha value is -1.24. The van der Waals surface area contributed by atoms with Crippen LogP contribution in [0.3, 0.4) is 0 Å². The Kier molecular flexibility index (Phi) is 1.86. The van der Waals surface area contributed by atoms with Crippen molar-refractivity contribution in [2.24, 2.45) is 0 Å². The highest BCUT2D eigenvalue weighted by Gasteiger charge is 2.07. The summed E-state index contributed by atoms with van der Waals surface area (Å²) in [6, 6.07) is 8.27. The Morgan fingerprint density at radius 2 is 2.17 bits per heavy atom. The highest BCUT2D eigenvalue weighted by atomic mass is 16.5. The highest BCUT2D eigenvalue weighted by Crippen LogP contribution is 2.22. The van der Waals surface area contributed by atoms with E-state index < -0.39 is 0 Å². The molecule has 0 saturated carbocycles. The molecular formula is C11H11O. The van der Waals surface area contributed by atoms with Gasteiger partial charge in [-0.05, 0) is 24.1 Å². The fourth-order valence-corrected chi connectivity index (χ4v) is 1.34. The van der Waals surface area contributed by atoms with Gasteiger partial charge in [0, 0.05) is 6.42 Å². The number of allylic oxidation sites excluding steroid dienone is 1. The lowest BCUT2D eigenvalue weighted by Crippen LogP contribution is -2.01. The zero-order valence-corrected chi connectivity index (χ0v) is 6.92. The summed E-state index contributed by atoms with van der Waals surface area (Å²) >= 11 is 0. The molecule has 0 spiro atoms. The molecule has 1 aromatic carbocycles. The Balaban J connectivity index is 2.41. The number of hydrogen-bond donors (Lipinski definition) is 0. The van der Waals surface area contributed by atoms with Crippen LogP contribution < -0.4 is 0 Å². The third-order valence-corrected chi connectivity index (χ3v) is 2.03. The predicted octanol–water partition coefficient (Wildman–Crippen LogP) is 2.78. The third kappa shape index (κ3) is 1.22. The Labute approximate surface area is 72.7 Å². The van der Waals surface area contributed by atoms with Gasteiger partial charge in [0.15, 0.2) is 0 Å². The van der Waals surface area contributed by atoms with Gasteiger partial charge in [-0.1, -0.05) is 24.3 Å². The first-order chi connectivity index (χ1) is 5.90. The monoisotopic (exact) mass is 159 g/mol. The van der Waals surface area contributed by atoms with Gasteiger partial charge in [0.25, 0.3) is 0 Å². The molecule has 0 fully saturated rings. The van der Waals surface area contributed by atoms with E-state index in [1.165, 1.54) is 11.1 Å². The first kappa shape index (κ1) is 7.41. The molecule has 1 nitrogen and oxygen atoms in total. The van der Waals surface area contributed by atoms with E-state index >= 15 is 0 Å². The topological polar surface area (TPSA) is 9.23 Å². The summed E-state index contributed by atoms with van der Waals surface area (Å²) in [7, 11) is 0. The lowest BCUT2D eigenvalue weighted by Gasteiger charge is -2.16. The standard InChI is InChI=1S/C11H11O/c1-2-11-7-9-5-3-4-6-10(9)8-12-11/h3-7H,1-2,8H2. The maximum absolute atomic E-state index is 5.45. The molecule has 0 aliphatic carbocycles. The lowest BCUT2D eigenvalue weighted by molar-refractivity contribution is 0.192. The summed E-state index contributed by atoms with van der Waals surface area (Å²) in [5.74, 6) is 0.980. The molecular weight excluding hydrogens is 148 g/mol. The number of rotatable bonds is 1. The summed E-state index contributed by atoms with van der Waals surface area (Å²) in [5, 5.41) is 0. The fraction of sp³-hybridized carbons (Fsp3) is 0.182. The average Bonchev–Trinajstić information content (AvgIpc) is 2.17. The van der Waals surface area contributed by atoms with Crippen molar-refractivity contribution in [2.45, 2.75) is 13.0 Å². The molecule has 0 bridgehead atoms. The SMILES string of the molecule is [CH2]CC1=Cc2ccccc2CO1. The van der Waals surface area contributed by atoms with Crippen molar-refractivity contribution in [1.29, 1.82) is 0 Å². The predicted molar refractivity (Wildman–Crippen MR) is 49.2 cm³/mol. The number of benzene rings is 1. The van der Waals surface area contributed by atoms with Crippen molar-refractivity contribution in [3.63, 3.8) is 0 Å². The van der Waals surface area contributed by atoms with Crippen molar-refractivity contribution >= 4 is 6.08 Å². The molecule has 12 heavy (non-hydrogen) atoms. The molecule has 61 valence electrons. The highest BCUT2D eigenvalue weighted by molar-refractivity contribution is 5.57. The van der Waals surface area contributed by atoms with Gasteiger partial charge in [0.05, 0.1) is 5.76 Å². The van der Waals surface area contributed by atoms with Crippen LogP contribution in [0.1, 0.15) is 17.5 Å². The van der Waals surface area contributed by atoms with Crippen LogP contribution in [0.25, 0.3) is 6.08 Å². The minimum atomic E-state index is 0.692. The van der Waals surface area contributed by atoms with Crippen LogP contribution in [0, 0.1) is 6.92 Å². The van der Waals surface area contributed by atoms with E-state index in [1.807, 2.05) is 12.1 Å². The smallest absolute Gasteiger partial charge is 0.113 e. The van der Waals surface area contributed by atoms with Crippen LogP contribution in [-0.4, -0.2) is 0 Å². The molecule has 2 rings (SSSR count). The van der Waals surface area contributed by atoms with Crippen molar-refractivity contribution in [3.8, 4) is 0 Å². The molecule has 0 unspecified atom stereocenters. The largest absolute Gasteiger partial charge is 0.493 e. The molecule has 1 aliphatic heterocycles. The second-order valence-corrected chi connectivity index (χ2v) is 2.85. The molecule has 1 aliphatic rings. The Morgan fingerprint density at radius 3 is 3.00 bits per heavy atom. The summed E-state index contributed by atoms with van der Waals surface area (Å²) < 4.78 is 5.45. The van der Waals surface area contributed by atoms with Gasteiger partial charge in [-0.3, -0.25) is 0 Å². The van der Waals surface area contributed by atoms with Gasteiger partial charge < -0.3 is 4.74 Å². The van der Waals surface area contributed by atoms with Crippen molar-refractivity contribution in [1.82, 2.24) is 0 Å². The fourth-order valence-electron chi connectivity index (χ4n) is 1.34. The minimum Gasteiger partial charge on any atom is -0.493 e. The number of ether oxygens (including phenoxy) is 1. The van der Waals surface area contributed by atoms with Crippen LogP contribution in [0.5, 0.6) is 0 Å². The average molecular weight is 159 g/mol. The van der Waals surface area contributed by atoms with Gasteiger partial charge in [-0.15, -0.1) is 0 Å². The molecule has 1 aromatic rings. The van der Waals surface area contributed by atoms with Crippen LogP contribution in [-0.2, 0) is 11.3 Å². The molecule has 0 atom stereocenters. The van der Waals surface area contributed by atoms with E-state index in [0.717, 1.165) is 12.2 Å². The van der Waals surface area contributed by atoms with Crippen LogP contribution in [0.4, 0.5) is 0 Å². The molecule has 0 aromatic heterocycles. The van der Waals surface area contributed by atoms with Crippen molar-refractivity contribution < 1.29 is 4.74 Å². The van der Waals surface area contributed by atoms with E-state index in [1.54, 1.807) is 0 Å². The second kappa shape index (κ2) is 3.02. The zero-order chi connectivity index (χ0) is 8.39. The van der Waals surface area contributed by atoms with Gasteiger partial charge in [0.2, 0.25) is 0 Å². The first-order valence-electron chi connectivity index (χ1n) is 4.10. The minimum absolute atomic E-state index is 0.692. The zero-order valence-electron chi connectivity index (χ0n) is 6.92. The van der Waals surface area contributed by atoms with Crippen LogP contribution in [0.15, 0.2) is 30.0 Å². The van der Waals surface area contributed by atoms with Gasteiger partial charge >= 0.3 is 0 Å². The van der Waals surface area contributed by atoms with E-state index in [4.69, 9.17) is 4.74 Å². The molecule has 1 heterocycles. The van der Waals surface area contributed by atoms with Crippen molar-refractivity contribution in [2.75, 3.05) is 0 Å². The van der Waals surface area contributed by atoms with Crippen molar-refractivity contribution in [3.05, 3.63) is 48.1 Å². The summed E-state index contributed by atoms with van der Waals surface area (Å²) in [6.07, 6.45) is 2.79. The van der Waals surface area contributed by atoms with E-state index in [9.17, 15) is 0 Å². The maximum Gasteiger partial charge on any atom is 0.113 e. The second-order valence-electron chi connectivity index (χ2n) is 2.85. The van der Waals surface area contributed by atoms with Gasteiger partial charge in [-0.2, -0.15) is 0 Å². The van der Waals surface area contributed by atoms with E-state index in [0.29, 0.717) is 6.61 Å². The quantitative estimate of drug-likeness (QED) is 0.612. The van der Waals surface area contributed by atoms with Gasteiger partial charge in [0.1, 0.15) is 6.61 Å². The number of hydrogen-bond acceptors (Lipinski definition) is 1. The normalized spacial score (nSPS) is 14.6. The summed E-state index contributed by atoms with van der Waals surface area (Å²) in [4.78, 5) is 0. The van der Waals surface area contributed by atoms with Gasteiger partial charge in [-0.25, -0.2) is 0 Å². The first-order valence-corrected chi connectivity index (χ1v) is 4.10. The molecule has 0 N–H and O–H groups in total. The van der Waals surface area contributed by atoms with Crippen LogP contribution in [0.2, 0.25) is 0 Å². The molecule has 0 saturated heterocycles. The summed E-state index contributed by atoms with van der Waals surface area (Å²) in [6.45, 7) is 4.48. The maximum atomic E-state index is 5.45. The third-order valence-electron chi connectivity index (χ3n) is 2.03. The molecule has 1 radical (unpaired) electrons. The Bertz CT molecular complexity index is 313. The van der Waals surface area contributed by atoms with E-state index in [2.05, 4.69) is 25.1 Å². The molecule has 0 amide bonds. The number of fused-ring (bicyclic) bond motifs is 1. The van der Waals surface area contributed by atoms with E-state index in [-0.39, 0.29) is 0 Å². The van der Waals surface area contributed by atoms with Crippen LogP contribution >= 0.6 is 0 Å². The molecule has 1 heteroatoms.